The van der Waals surface area contributed by atoms with Crippen LogP contribution in [-0.4, -0.2) is 51.0 Å². The van der Waals surface area contributed by atoms with Crippen LogP contribution in [0.5, 0.6) is 0 Å². The molecule has 1 unspecified atom stereocenters. The average molecular weight is 521 g/mol. The minimum absolute atomic E-state index is 0.117. The zero-order valence-electron chi connectivity index (χ0n) is 18.8. The van der Waals surface area contributed by atoms with Crippen LogP contribution in [0.25, 0.3) is 0 Å². The molecular weight excluding hydrogens is 490 g/mol. The van der Waals surface area contributed by atoms with Crippen LogP contribution >= 0.6 is 0 Å². The van der Waals surface area contributed by atoms with E-state index in [1.165, 1.54) is 29.8 Å². The third-order valence-corrected chi connectivity index (χ3v) is 9.14. The van der Waals surface area contributed by atoms with Gasteiger partial charge >= 0.3 is 177 Å². The van der Waals surface area contributed by atoms with Crippen molar-refractivity contribution in [2.75, 3.05) is 0 Å². The zero-order chi connectivity index (χ0) is 23.9. The van der Waals surface area contributed by atoms with E-state index in [2.05, 4.69) is 24.3 Å². The monoisotopic (exact) mass is 521 g/mol. The van der Waals surface area contributed by atoms with Gasteiger partial charge in [-0.3, -0.25) is 0 Å². The van der Waals surface area contributed by atoms with Gasteiger partial charge in [-0.05, 0) is 6.92 Å². The number of carbonyl (C=O) groups is 1. The van der Waals surface area contributed by atoms with Gasteiger partial charge in [-0.1, -0.05) is 0 Å². The van der Waals surface area contributed by atoms with Gasteiger partial charge in [0.1, 0.15) is 0 Å². The van der Waals surface area contributed by atoms with Crippen LogP contribution < -0.4 is 0 Å². The van der Waals surface area contributed by atoms with Crippen molar-refractivity contribution in [3.8, 4) is 0 Å². The van der Waals surface area contributed by atoms with E-state index >= 15 is 0 Å². The number of hydrogen-bond acceptors (Lipinski definition) is 2. The first-order valence-corrected chi connectivity index (χ1v) is 13.3. The number of nitrogens with zero attached hydrogens (tertiary/aromatic N) is 1. The molecule has 7 heteroatoms. The van der Waals surface area contributed by atoms with Crippen molar-refractivity contribution in [2.45, 2.75) is 79.9 Å². The van der Waals surface area contributed by atoms with E-state index in [0.717, 1.165) is 50.7 Å². The van der Waals surface area contributed by atoms with E-state index in [0.29, 0.717) is 5.56 Å². The molecule has 2 aromatic carbocycles. The van der Waals surface area contributed by atoms with Crippen LogP contribution in [0.4, 0.5) is 13.2 Å². The maximum atomic E-state index is 13.4. The smallest absolute Gasteiger partial charge is 0.167 e. The Morgan fingerprint density at radius 1 is 1.00 bits per heavy atom. The van der Waals surface area contributed by atoms with Gasteiger partial charge in [-0.2, -0.15) is 13.2 Å². The first-order chi connectivity index (χ1) is 15.6. The van der Waals surface area contributed by atoms with Gasteiger partial charge in [0.05, 0.1) is 0 Å². The van der Waals surface area contributed by atoms with E-state index in [-0.39, 0.29) is 29.0 Å². The summed E-state index contributed by atoms with van der Waals surface area (Å²) < 4.78 is 39.5. The molecule has 0 heterocycles. The van der Waals surface area contributed by atoms with Crippen LogP contribution in [0, 0.1) is 0 Å². The molecule has 0 spiro atoms. The summed E-state index contributed by atoms with van der Waals surface area (Å²) in [6.45, 7) is 0.733. The van der Waals surface area contributed by atoms with Crippen molar-refractivity contribution in [1.29, 1.82) is 0 Å². The Balaban J connectivity index is 1.50. The number of alkyl halides is 3. The fourth-order valence-electron chi connectivity index (χ4n) is 5.07. The average Bonchev–Trinajstić information content (AvgIpc) is 3.65. The molecule has 2 aliphatic carbocycles. The van der Waals surface area contributed by atoms with E-state index in [1.807, 2.05) is 11.0 Å². The summed E-state index contributed by atoms with van der Waals surface area (Å²) in [6.07, 6.45) is 1.09. The molecule has 1 amide bonds. The molecule has 33 heavy (non-hydrogen) atoms. The van der Waals surface area contributed by atoms with E-state index in [1.54, 1.807) is 16.9 Å². The molecule has 0 saturated heterocycles. The molecule has 4 rings (SSSR count). The fraction of sp³-hybridized carbons (Fsp3) is 0.500. The van der Waals surface area contributed by atoms with Crippen molar-refractivity contribution in [3.63, 3.8) is 0 Å². The van der Waals surface area contributed by atoms with Crippen molar-refractivity contribution >= 4 is 22.8 Å². The minimum atomic E-state index is -4.79. The zero-order valence-corrected chi connectivity index (χ0v) is 21.2. The summed E-state index contributed by atoms with van der Waals surface area (Å²) >= 11 is 1.73. The Bertz CT molecular complexity index is 963. The summed E-state index contributed by atoms with van der Waals surface area (Å²) in [4.78, 5) is 15.4. The Kier molecular flexibility index (Phi) is 6.72. The molecule has 1 N–H and O–H groups in total. The Morgan fingerprint density at radius 3 is 2.03 bits per heavy atom. The molecule has 2 saturated carbocycles. The number of carbonyl (C=O) groups excluding carboxylic acids is 1. The van der Waals surface area contributed by atoms with E-state index in [4.69, 9.17) is 0 Å². The molecule has 0 bridgehead atoms. The summed E-state index contributed by atoms with van der Waals surface area (Å²) in [5.74, 6) is -0.117. The van der Waals surface area contributed by atoms with Crippen LogP contribution in [0.15, 0.2) is 54.6 Å². The summed E-state index contributed by atoms with van der Waals surface area (Å²) in [6, 6.07) is 16.3. The van der Waals surface area contributed by atoms with Gasteiger partial charge in [0.15, 0.2) is 0 Å². The Morgan fingerprint density at radius 2 is 1.55 bits per heavy atom. The van der Waals surface area contributed by atoms with E-state index in [9.17, 15) is 23.1 Å². The normalized spacial score (nSPS) is 25.3. The number of halogens is 3. The van der Waals surface area contributed by atoms with E-state index < -0.39 is 11.8 Å². The predicted octanol–water partition coefficient (Wildman–Crippen LogP) is 4.99. The van der Waals surface area contributed by atoms with Gasteiger partial charge in [-0.15, -0.1) is 0 Å². The van der Waals surface area contributed by atoms with Crippen molar-refractivity contribution in [3.05, 3.63) is 71.3 Å². The summed E-state index contributed by atoms with van der Waals surface area (Å²) in [5.41, 5.74) is -1.29. The van der Waals surface area contributed by atoms with Crippen molar-refractivity contribution in [1.82, 2.24) is 4.90 Å². The minimum Gasteiger partial charge on any atom is -0.167 e. The first kappa shape index (κ1) is 24.3. The van der Waals surface area contributed by atoms with Gasteiger partial charge in [0.2, 0.25) is 0 Å². The second kappa shape index (κ2) is 9.11. The van der Waals surface area contributed by atoms with Crippen LogP contribution in [0.3, 0.4) is 0 Å². The third-order valence-electron chi connectivity index (χ3n) is 7.50. The molecule has 2 aromatic rings. The number of hydrogen-bond donors (Lipinski definition) is 1. The maximum absolute atomic E-state index is 13.4. The first-order valence-electron chi connectivity index (χ1n) is 11.6. The fourth-order valence-corrected chi connectivity index (χ4v) is 6.42. The second-order valence-corrected chi connectivity index (χ2v) is 10.5. The molecule has 0 radical (unpaired) electrons. The quantitative estimate of drug-likeness (QED) is 0.545. The third kappa shape index (κ3) is 4.74. The summed E-state index contributed by atoms with van der Waals surface area (Å²) in [7, 11) is 0. The standard InChI is InChI=1S/C26H31AsF3NO2/c1-24(33,26(28,29)30)19-9-7-18(8-10-19)23(32)31(21-11-12-21)22-13-15-25(17-27,16-14-22)20-5-3-2-4-6-20/h2-10,21-22,33H,11-17,27H2,1H3/t22-,24-,25-/m0/s1. The number of rotatable bonds is 6. The predicted molar refractivity (Wildman–Crippen MR) is 125 cm³/mol. The molecule has 2 fully saturated rings. The van der Waals surface area contributed by atoms with Crippen LogP contribution in [0.2, 0.25) is 5.21 Å². The molecule has 2 aliphatic rings. The molecule has 178 valence electrons. The molecule has 3 nitrogen and oxygen atoms in total. The summed E-state index contributed by atoms with van der Waals surface area (Å²) in [5, 5.41) is 11.0. The molecule has 0 aromatic heterocycles. The maximum Gasteiger partial charge on any atom is 0.421 e. The van der Waals surface area contributed by atoms with Crippen molar-refractivity contribution in [2.24, 2.45) is 0 Å². The van der Waals surface area contributed by atoms with Crippen LogP contribution in [-0.2, 0) is 11.0 Å². The number of amides is 1. The SMILES string of the molecule is C[C@](O)(c1ccc(C(=O)N(C2CC2)[C@H]2CC[C@](C[AsH2])(c3ccccc3)CC2)cc1)C(F)(F)F. The Labute approximate surface area is 201 Å². The van der Waals surface area contributed by atoms with Gasteiger partial charge in [0, 0.05) is 0 Å². The second-order valence-electron chi connectivity index (χ2n) is 9.67. The Hall–Kier alpha value is -1.78. The largest absolute Gasteiger partial charge is 0.421 e. The van der Waals surface area contributed by atoms with Gasteiger partial charge in [0.25, 0.3) is 0 Å². The molecule has 2 atom stereocenters. The number of benzene rings is 2. The van der Waals surface area contributed by atoms with Gasteiger partial charge in [-0.25, -0.2) is 0 Å². The molecular formula is C26H31AsF3NO2. The van der Waals surface area contributed by atoms with Gasteiger partial charge < -0.3 is 5.11 Å². The number of aliphatic hydroxyl groups is 1. The van der Waals surface area contributed by atoms with Crippen molar-refractivity contribution < 1.29 is 23.1 Å². The molecule has 0 aliphatic heterocycles. The topological polar surface area (TPSA) is 40.5 Å². The van der Waals surface area contributed by atoms with Crippen LogP contribution in [0.1, 0.15) is 66.9 Å².